The van der Waals surface area contributed by atoms with Crippen molar-refractivity contribution in [1.82, 2.24) is 14.7 Å². The normalized spacial score (nSPS) is 20.3. The fourth-order valence-corrected chi connectivity index (χ4v) is 4.23. The fraction of sp³-hybridized carbons (Fsp3) is 0.636. The van der Waals surface area contributed by atoms with E-state index >= 15 is 0 Å². The number of aryl methyl sites for hydroxylation is 1. The van der Waals surface area contributed by atoms with Gasteiger partial charge in [0.25, 0.3) is 5.91 Å². The van der Waals surface area contributed by atoms with Gasteiger partial charge in [-0.3, -0.25) is 9.59 Å². The lowest BCUT2D eigenvalue weighted by Crippen LogP contribution is -2.57. The van der Waals surface area contributed by atoms with E-state index in [2.05, 4.69) is 11.9 Å². The van der Waals surface area contributed by atoms with Gasteiger partial charge in [0.1, 0.15) is 17.4 Å². The van der Waals surface area contributed by atoms with Crippen molar-refractivity contribution in [1.29, 1.82) is 0 Å². The molecule has 1 atom stereocenters. The highest BCUT2D eigenvalue weighted by Gasteiger charge is 2.45. The van der Waals surface area contributed by atoms with E-state index in [1.807, 2.05) is 45.9 Å². The number of hydrogen-bond donors (Lipinski definition) is 0. The summed E-state index contributed by atoms with van der Waals surface area (Å²) in [5.74, 6) is 0.533. The molecule has 6 heteroatoms. The average Bonchev–Trinajstić information content (AvgIpc) is 2.80. The molecule has 0 radical (unpaired) electrons. The molecule has 0 saturated carbocycles. The molecule has 0 bridgehead atoms. The van der Waals surface area contributed by atoms with Crippen LogP contribution in [-0.4, -0.2) is 77.9 Å². The van der Waals surface area contributed by atoms with Crippen LogP contribution in [0.1, 0.15) is 49.5 Å². The second-order valence-corrected chi connectivity index (χ2v) is 8.21. The van der Waals surface area contributed by atoms with E-state index in [0.29, 0.717) is 30.9 Å². The first-order chi connectivity index (χ1) is 13.3. The third-order valence-electron chi connectivity index (χ3n) is 6.21. The zero-order valence-corrected chi connectivity index (χ0v) is 17.8. The number of carbonyl (C=O) groups is 2. The Morgan fingerprint density at radius 2 is 1.89 bits per heavy atom. The first-order valence-electron chi connectivity index (χ1n) is 10.4. The number of carbonyl (C=O) groups excluding carboxylic acids is 2. The molecule has 3 rings (SSSR count). The minimum atomic E-state index is -0.515. The van der Waals surface area contributed by atoms with E-state index < -0.39 is 11.6 Å². The zero-order valence-electron chi connectivity index (χ0n) is 17.8. The third kappa shape index (κ3) is 3.88. The number of fused-ring (bicyclic) bond motifs is 1. The van der Waals surface area contributed by atoms with Crippen LogP contribution in [0.5, 0.6) is 5.75 Å². The Hall–Kier alpha value is -2.08. The molecule has 0 N–H and O–H groups in total. The van der Waals surface area contributed by atoms with Crippen LogP contribution in [0.3, 0.4) is 0 Å². The van der Waals surface area contributed by atoms with Gasteiger partial charge in [-0.05, 0) is 46.9 Å². The number of amides is 2. The third-order valence-corrected chi connectivity index (χ3v) is 6.21. The second kappa shape index (κ2) is 8.11. The van der Waals surface area contributed by atoms with E-state index in [-0.39, 0.29) is 11.8 Å². The molecule has 2 heterocycles. The molecule has 28 heavy (non-hydrogen) atoms. The Bertz CT molecular complexity index is 737. The molecule has 2 aliphatic rings. The van der Waals surface area contributed by atoms with E-state index in [9.17, 15) is 9.59 Å². The van der Waals surface area contributed by atoms with Gasteiger partial charge in [-0.25, -0.2) is 0 Å². The molecule has 6 nitrogen and oxygen atoms in total. The molecule has 1 fully saturated rings. The molecule has 0 aliphatic carbocycles. The number of hydrogen-bond acceptors (Lipinski definition) is 4. The second-order valence-electron chi connectivity index (χ2n) is 8.21. The highest BCUT2D eigenvalue weighted by atomic mass is 16.5. The summed E-state index contributed by atoms with van der Waals surface area (Å²) in [4.78, 5) is 32.4. The van der Waals surface area contributed by atoms with E-state index in [1.165, 1.54) is 0 Å². The van der Waals surface area contributed by atoms with E-state index in [1.54, 1.807) is 9.80 Å². The van der Waals surface area contributed by atoms with Crippen molar-refractivity contribution in [3.63, 3.8) is 0 Å². The number of likely N-dealkylation sites (N-methyl/N-ethyl adjacent to an activating group) is 1. The lowest BCUT2D eigenvalue weighted by Gasteiger charge is -2.43. The van der Waals surface area contributed by atoms with Crippen LogP contribution in [0.25, 0.3) is 0 Å². The summed E-state index contributed by atoms with van der Waals surface area (Å²) in [6.45, 7) is 11.3. The zero-order chi connectivity index (χ0) is 20.5. The Balaban J connectivity index is 2.00. The summed E-state index contributed by atoms with van der Waals surface area (Å²) in [5.41, 5.74) is 1.13. The van der Waals surface area contributed by atoms with Crippen LogP contribution in [0.2, 0.25) is 0 Å². The number of benzene rings is 1. The Kier molecular flexibility index (Phi) is 5.98. The first kappa shape index (κ1) is 20.6. The molecule has 1 unspecified atom stereocenters. The van der Waals surface area contributed by atoms with Crippen LogP contribution >= 0.6 is 0 Å². The molecule has 1 aromatic carbocycles. The summed E-state index contributed by atoms with van der Waals surface area (Å²) in [7, 11) is 2.11. The van der Waals surface area contributed by atoms with E-state index in [4.69, 9.17) is 4.74 Å². The van der Waals surface area contributed by atoms with Gasteiger partial charge in [0.15, 0.2) is 0 Å². The highest BCUT2D eigenvalue weighted by molar-refractivity contribution is 6.00. The highest BCUT2D eigenvalue weighted by Crippen LogP contribution is 2.36. The summed E-state index contributed by atoms with van der Waals surface area (Å²) in [5, 5.41) is 0. The van der Waals surface area contributed by atoms with Gasteiger partial charge in [0.2, 0.25) is 5.91 Å². The number of nitrogens with zero attached hydrogens (tertiary/aromatic N) is 3. The Labute approximate surface area is 168 Å². The summed E-state index contributed by atoms with van der Waals surface area (Å²) in [6, 6.07) is 5.25. The predicted octanol–water partition coefficient (Wildman–Crippen LogP) is 2.55. The van der Waals surface area contributed by atoms with Gasteiger partial charge in [0, 0.05) is 39.0 Å². The lowest BCUT2D eigenvalue weighted by molar-refractivity contribution is -0.136. The van der Waals surface area contributed by atoms with Crippen LogP contribution < -0.4 is 4.74 Å². The maximum atomic E-state index is 13.5. The molecule has 1 saturated heterocycles. The summed E-state index contributed by atoms with van der Waals surface area (Å²) in [6.07, 6.45) is 1.68. The predicted molar refractivity (Wildman–Crippen MR) is 110 cm³/mol. The van der Waals surface area contributed by atoms with Crippen molar-refractivity contribution < 1.29 is 14.3 Å². The number of ether oxygens (including phenoxy) is 1. The summed E-state index contributed by atoms with van der Waals surface area (Å²) < 4.78 is 6.52. The van der Waals surface area contributed by atoms with Crippen molar-refractivity contribution in [3.8, 4) is 5.75 Å². The standard InChI is InChI=1S/C22H33N3O3/c1-6-24(7-2)20(26)17(4)25-15-22(10-12-23(5)13-11-22)28-19-9-8-16(3)14-18(19)21(25)27/h8-9,14,17H,6-7,10-13,15H2,1-5H3. The van der Waals surface area contributed by atoms with Gasteiger partial charge in [-0.15, -0.1) is 0 Å². The minimum absolute atomic E-state index is 0.00229. The van der Waals surface area contributed by atoms with Crippen molar-refractivity contribution >= 4 is 11.8 Å². The molecule has 154 valence electrons. The quantitative estimate of drug-likeness (QED) is 0.797. The van der Waals surface area contributed by atoms with Gasteiger partial charge < -0.3 is 19.4 Å². The fourth-order valence-electron chi connectivity index (χ4n) is 4.23. The molecule has 1 spiro atoms. The van der Waals surface area contributed by atoms with Crippen molar-refractivity contribution in [2.24, 2.45) is 0 Å². The lowest BCUT2D eigenvalue weighted by atomic mass is 9.90. The van der Waals surface area contributed by atoms with E-state index in [0.717, 1.165) is 31.5 Å². The van der Waals surface area contributed by atoms with Crippen LogP contribution in [0.15, 0.2) is 18.2 Å². The summed E-state index contributed by atoms with van der Waals surface area (Å²) >= 11 is 0. The topological polar surface area (TPSA) is 53.1 Å². The largest absolute Gasteiger partial charge is 0.484 e. The van der Waals surface area contributed by atoms with Crippen molar-refractivity contribution in [2.75, 3.05) is 39.8 Å². The smallest absolute Gasteiger partial charge is 0.258 e. The molecule has 1 aromatic rings. The van der Waals surface area contributed by atoms with Gasteiger partial charge in [0.05, 0.1) is 12.1 Å². The van der Waals surface area contributed by atoms with Gasteiger partial charge in [-0.2, -0.15) is 0 Å². The number of piperidine rings is 1. The number of rotatable bonds is 4. The molecule has 2 amide bonds. The maximum absolute atomic E-state index is 13.5. The molecule has 0 aromatic heterocycles. The first-order valence-corrected chi connectivity index (χ1v) is 10.4. The minimum Gasteiger partial charge on any atom is -0.484 e. The van der Waals surface area contributed by atoms with Crippen LogP contribution in [0.4, 0.5) is 0 Å². The van der Waals surface area contributed by atoms with Gasteiger partial charge in [-0.1, -0.05) is 11.6 Å². The maximum Gasteiger partial charge on any atom is 0.258 e. The molecule has 2 aliphatic heterocycles. The van der Waals surface area contributed by atoms with Crippen molar-refractivity contribution in [3.05, 3.63) is 29.3 Å². The number of likely N-dealkylation sites (tertiary alicyclic amines) is 1. The average molecular weight is 388 g/mol. The SMILES string of the molecule is CCN(CC)C(=O)C(C)N1CC2(CCN(C)CC2)Oc2ccc(C)cc2C1=O. The molecular weight excluding hydrogens is 354 g/mol. The Morgan fingerprint density at radius 1 is 1.25 bits per heavy atom. The van der Waals surface area contributed by atoms with Crippen molar-refractivity contribution in [2.45, 2.75) is 52.2 Å². The van der Waals surface area contributed by atoms with Gasteiger partial charge >= 0.3 is 0 Å². The Morgan fingerprint density at radius 3 is 2.50 bits per heavy atom. The van der Waals surface area contributed by atoms with Crippen LogP contribution in [-0.2, 0) is 4.79 Å². The molecular formula is C22H33N3O3. The monoisotopic (exact) mass is 387 g/mol. The van der Waals surface area contributed by atoms with Crippen LogP contribution in [0, 0.1) is 6.92 Å².